The van der Waals surface area contributed by atoms with E-state index in [0.29, 0.717) is 6.42 Å². The number of carboxylic acids is 1. The summed E-state index contributed by atoms with van der Waals surface area (Å²) in [5, 5.41) is 8.97. The van der Waals surface area contributed by atoms with Crippen LogP contribution in [0.1, 0.15) is 45.4 Å². The molecule has 19 heavy (non-hydrogen) atoms. The van der Waals surface area contributed by atoms with Crippen molar-refractivity contribution >= 4 is 5.97 Å². The number of nitrogens with two attached hydrogens (primary N) is 1. The summed E-state index contributed by atoms with van der Waals surface area (Å²) in [6.07, 6.45) is 7.16. The highest BCUT2D eigenvalue weighted by Crippen LogP contribution is 2.48. The average Bonchev–Trinajstić information content (AvgIpc) is 2.90. The molecule has 2 bridgehead atoms. The van der Waals surface area contributed by atoms with Crippen LogP contribution in [0.25, 0.3) is 0 Å². The molecule has 0 aromatic carbocycles. The molecule has 110 valence electrons. The van der Waals surface area contributed by atoms with Crippen molar-refractivity contribution in [1.82, 2.24) is 4.90 Å². The van der Waals surface area contributed by atoms with Gasteiger partial charge in [0.25, 0.3) is 0 Å². The predicted octanol–water partition coefficient (Wildman–Crippen LogP) is 1.94. The van der Waals surface area contributed by atoms with Gasteiger partial charge in [-0.05, 0) is 70.4 Å². The summed E-state index contributed by atoms with van der Waals surface area (Å²) in [5.74, 6) is 1.95. The monoisotopic (exact) mass is 268 g/mol. The van der Waals surface area contributed by atoms with E-state index >= 15 is 0 Å². The number of carbonyl (C=O) groups is 1. The highest BCUT2D eigenvalue weighted by atomic mass is 16.4. The van der Waals surface area contributed by atoms with Crippen molar-refractivity contribution in [3.63, 3.8) is 0 Å². The van der Waals surface area contributed by atoms with Crippen molar-refractivity contribution in [2.24, 2.45) is 23.5 Å². The second-order valence-electron chi connectivity index (χ2n) is 7.02. The zero-order valence-electron chi connectivity index (χ0n) is 12.3. The Morgan fingerprint density at radius 1 is 1.42 bits per heavy atom. The molecular weight excluding hydrogens is 240 g/mol. The van der Waals surface area contributed by atoms with E-state index < -0.39 is 11.5 Å². The molecule has 2 aliphatic carbocycles. The first-order chi connectivity index (χ1) is 8.88. The van der Waals surface area contributed by atoms with Crippen molar-refractivity contribution in [3.05, 3.63) is 0 Å². The Morgan fingerprint density at radius 2 is 2.16 bits per heavy atom. The van der Waals surface area contributed by atoms with Crippen molar-refractivity contribution < 1.29 is 9.90 Å². The Hall–Kier alpha value is -0.610. The van der Waals surface area contributed by atoms with E-state index in [0.717, 1.165) is 30.7 Å². The zero-order valence-corrected chi connectivity index (χ0v) is 12.3. The molecule has 0 aromatic heterocycles. The largest absolute Gasteiger partial charge is 0.480 e. The maximum atomic E-state index is 10.9. The van der Waals surface area contributed by atoms with Gasteiger partial charge in [0.05, 0.1) is 0 Å². The number of rotatable bonds is 7. The summed E-state index contributed by atoms with van der Waals surface area (Å²) in [5.41, 5.74) is 4.66. The van der Waals surface area contributed by atoms with Crippen LogP contribution in [0.5, 0.6) is 0 Å². The summed E-state index contributed by atoms with van der Waals surface area (Å²) in [6.45, 7) is 3.73. The quantitative estimate of drug-likeness (QED) is 0.740. The topological polar surface area (TPSA) is 66.6 Å². The van der Waals surface area contributed by atoms with E-state index in [9.17, 15) is 4.79 Å². The van der Waals surface area contributed by atoms with Crippen LogP contribution >= 0.6 is 0 Å². The first-order valence-electron chi connectivity index (χ1n) is 7.59. The van der Waals surface area contributed by atoms with E-state index in [2.05, 4.69) is 11.9 Å². The smallest absolute Gasteiger partial charge is 0.323 e. The van der Waals surface area contributed by atoms with Crippen LogP contribution in [0.2, 0.25) is 0 Å². The average molecular weight is 268 g/mol. The van der Waals surface area contributed by atoms with Gasteiger partial charge < -0.3 is 15.7 Å². The molecule has 0 amide bonds. The molecule has 0 aliphatic heterocycles. The Balaban J connectivity index is 1.65. The first kappa shape index (κ1) is 14.8. The van der Waals surface area contributed by atoms with Crippen molar-refractivity contribution in [2.75, 3.05) is 20.1 Å². The SMILES string of the molecule is CN(CCCC(C)(N)C(=O)O)CC1CC2CCC1C2. The summed E-state index contributed by atoms with van der Waals surface area (Å²) in [7, 11) is 2.15. The van der Waals surface area contributed by atoms with Crippen LogP contribution in [0, 0.1) is 17.8 Å². The molecule has 4 atom stereocenters. The van der Waals surface area contributed by atoms with Gasteiger partial charge in [0.15, 0.2) is 0 Å². The van der Waals surface area contributed by atoms with Crippen molar-refractivity contribution in [3.8, 4) is 0 Å². The van der Waals surface area contributed by atoms with Gasteiger partial charge in [0.2, 0.25) is 0 Å². The van der Waals surface area contributed by atoms with Crippen molar-refractivity contribution in [2.45, 2.75) is 51.0 Å². The highest BCUT2D eigenvalue weighted by Gasteiger charge is 2.39. The molecule has 0 saturated heterocycles. The van der Waals surface area contributed by atoms with Crippen LogP contribution in [0.15, 0.2) is 0 Å². The van der Waals surface area contributed by atoms with Gasteiger partial charge in [-0.15, -0.1) is 0 Å². The molecular formula is C15H28N2O2. The van der Waals surface area contributed by atoms with Gasteiger partial charge in [0, 0.05) is 6.54 Å². The lowest BCUT2D eigenvalue weighted by Gasteiger charge is -2.28. The number of carboxylic acid groups (broad SMARTS) is 1. The Labute approximate surface area is 116 Å². The minimum Gasteiger partial charge on any atom is -0.480 e. The zero-order chi connectivity index (χ0) is 14.0. The lowest BCUT2D eigenvalue weighted by atomic mass is 9.88. The fourth-order valence-electron chi connectivity index (χ4n) is 3.91. The Morgan fingerprint density at radius 3 is 2.68 bits per heavy atom. The minimum atomic E-state index is -1.08. The van der Waals surface area contributed by atoms with Gasteiger partial charge in [-0.25, -0.2) is 0 Å². The van der Waals surface area contributed by atoms with E-state index in [1.807, 2.05) is 0 Å². The lowest BCUT2D eigenvalue weighted by Crippen LogP contribution is -2.45. The molecule has 0 radical (unpaired) electrons. The van der Waals surface area contributed by atoms with Gasteiger partial charge in [0.1, 0.15) is 5.54 Å². The highest BCUT2D eigenvalue weighted by molar-refractivity contribution is 5.77. The van der Waals surface area contributed by atoms with Gasteiger partial charge in [-0.1, -0.05) is 6.42 Å². The number of fused-ring (bicyclic) bond motifs is 2. The van der Waals surface area contributed by atoms with Gasteiger partial charge in [-0.2, -0.15) is 0 Å². The third-order valence-corrected chi connectivity index (χ3v) is 5.16. The van der Waals surface area contributed by atoms with Crippen molar-refractivity contribution in [1.29, 1.82) is 0 Å². The van der Waals surface area contributed by atoms with Crippen LogP contribution in [0.4, 0.5) is 0 Å². The van der Waals surface area contributed by atoms with E-state index in [1.165, 1.54) is 32.2 Å². The number of aliphatic carboxylic acids is 1. The molecule has 2 aliphatic rings. The first-order valence-corrected chi connectivity index (χ1v) is 7.59. The van der Waals surface area contributed by atoms with Crippen LogP contribution in [-0.4, -0.2) is 41.7 Å². The minimum absolute atomic E-state index is 0.545. The second-order valence-corrected chi connectivity index (χ2v) is 7.02. The normalized spacial score (nSPS) is 32.7. The van der Waals surface area contributed by atoms with Gasteiger partial charge >= 0.3 is 5.97 Å². The predicted molar refractivity (Wildman–Crippen MR) is 75.9 cm³/mol. The lowest BCUT2D eigenvalue weighted by molar-refractivity contribution is -0.142. The third kappa shape index (κ3) is 3.69. The maximum absolute atomic E-state index is 10.9. The fourth-order valence-corrected chi connectivity index (χ4v) is 3.91. The fraction of sp³-hybridized carbons (Fsp3) is 0.933. The second kappa shape index (κ2) is 5.80. The summed E-state index contributed by atoms with van der Waals surface area (Å²) in [6, 6.07) is 0. The molecule has 4 heteroatoms. The Kier molecular flexibility index (Phi) is 4.51. The van der Waals surface area contributed by atoms with E-state index in [-0.39, 0.29) is 0 Å². The third-order valence-electron chi connectivity index (χ3n) is 5.16. The summed E-state index contributed by atoms with van der Waals surface area (Å²) in [4.78, 5) is 13.3. The molecule has 4 unspecified atom stereocenters. The van der Waals surface area contributed by atoms with Crippen LogP contribution in [0.3, 0.4) is 0 Å². The maximum Gasteiger partial charge on any atom is 0.323 e. The van der Waals surface area contributed by atoms with Crippen LogP contribution < -0.4 is 5.73 Å². The molecule has 0 aromatic rings. The molecule has 0 spiro atoms. The van der Waals surface area contributed by atoms with E-state index in [4.69, 9.17) is 10.8 Å². The molecule has 4 nitrogen and oxygen atoms in total. The number of hydrogen-bond acceptors (Lipinski definition) is 3. The molecule has 3 N–H and O–H groups in total. The number of nitrogens with zero attached hydrogens (tertiary/aromatic N) is 1. The summed E-state index contributed by atoms with van der Waals surface area (Å²) >= 11 is 0. The van der Waals surface area contributed by atoms with Crippen LogP contribution in [-0.2, 0) is 4.79 Å². The summed E-state index contributed by atoms with van der Waals surface area (Å²) < 4.78 is 0. The van der Waals surface area contributed by atoms with Gasteiger partial charge in [-0.3, -0.25) is 4.79 Å². The molecule has 2 fully saturated rings. The molecule has 0 heterocycles. The number of hydrogen-bond donors (Lipinski definition) is 2. The molecule has 2 saturated carbocycles. The molecule has 2 rings (SSSR count). The van der Waals surface area contributed by atoms with E-state index in [1.54, 1.807) is 6.92 Å². The standard InChI is InChI=1S/C15H28N2O2/c1-15(16,14(18)19)6-3-7-17(2)10-13-9-11-4-5-12(13)8-11/h11-13H,3-10,16H2,1-2H3,(H,18,19). The Bertz CT molecular complexity index is 330.